The van der Waals surface area contributed by atoms with Gasteiger partial charge < -0.3 is 5.32 Å². The molecule has 94 valence electrons. The predicted octanol–water partition coefficient (Wildman–Crippen LogP) is 4.93. The summed E-state index contributed by atoms with van der Waals surface area (Å²) in [6.07, 6.45) is 3.83. The topological polar surface area (TPSA) is 12.0 Å². The standard InChI is InChI=1S/C13H16Cl3N/c1-8-3-2-4-12(8)17-7-9-10(14)5-6-11(15)13(9)16/h5-6,8,12,17H,2-4,7H2,1H3. The van der Waals surface area contributed by atoms with Crippen LogP contribution in [0.1, 0.15) is 31.7 Å². The van der Waals surface area contributed by atoms with E-state index in [9.17, 15) is 0 Å². The van der Waals surface area contributed by atoms with Gasteiger partial charge >= 0.3 is 0 Å². The number of rotatable bonds is 3. The molecule has 0 spiro atoms. The third-order valence-electron chi connectivity index (χ3n) is 3.54. The van der Waals surface area contributed by atoms with E-state index in [1.165, 1.54) is 19.3 Å². The fourth-order valence-corrected chi connectivity index (χ4v) is 3.09. The Morgan fingerprint density at radius 3 is 2.53 bits per heavy atom. The zero-order valence-electron chi connectivity index (χ0n) is 9.77. The quantitative estimate of drug-likeness (QED) is 0.779. The van der Waals surface area contributed by atoms with E-state index in [0.29, 0.717) is 27.7 Å². The highest BCUT2D eigenvalue weighted by Gasteiger charge is 2.23. The van der Waals surface area contributed by atoms with E-state index in [1.54, 1.807) is 12.1 Å². The molecule has 0 amide bonds. The van der Waals surface area contributed by atoms with E-state index >= 15 is 0 Å². The van der Waals surface area contributed by atoms with Crippen LogP contribution in [0.2, 0.25) is 15.1 Å². The Bertz CT molecular complexity index is 406. The first-order valence-electron chi connectivity index (χ1n) is 5.95. The molecule has 2 rings (SSSR count). The number of hydrogen-bond acceptors (Lipinski definition) is 1. The average Bonchev–Trinajstić information content (AvgIpc) is 2.70. The van der Waals surface area contributed by atoms with Crippen LogP contribution in [-0.2, 0) is 6.54 Å². The molecule has 2 unspecified atom stereocenters. The Hall–Kier alpha value is 0.0500. The van der Waals surface area contributed by atoms with Crippen molar-refractivity contribution in [2.75, 3.05) is 0 Å². The van der Waals surface area contributed by atoms with Gasteiger partial charge in [-0.05, 0) is 30.9 Å². The number of benzene rings is 1. The van der Waals surface area contributed by atoms with Crippen molar-refractivity contribution in [2.24, 2.45) is 5.92 Å². The van der Waals surface area contributed by atoms with E-state index < -0.39 is 0 Å². The summed E-state index contributed by atoms with van der Waals surface area (Å²) in [6, 6.07) is 4.10. The molecule has 17 heavy (non-hydrogen) atoms. The van der Waals surface area contributed by atoms with Crippen LogP contribution in [0, 0.1) is 5.92 Å². The first-order valence-corrected chi connectivity index (χ1v) is 7.08. The molecule has 1 saturated carbocycles. The minimum Gasteiger partial charge on any atom is -0.310 e. The molecular formula is C13H16Cl3N. The summed E-state index contributed by atoms with van der Waals surface area (Å²) in [5.41, 5.74) is 0.903. The van der Waals surface area contributed by atoms with Crippen molar-refractivity contribution in [2.45, 2.75) is 38.8 Å². The SMILES string of the molecule is CC1CCCC1NCc1c(Cl)ccc(Cl)c1Cl. The van der Waals surface area contributed by atoms with Crippen molar-refractivity contribution in [1.82, 2.24) is 5.32 Å². The van der Waals surface area contributed by atoms with Gasteiger partial charge in [-0.15, -0.1) is 0 Å². The van der Waals surface area contributed by atoms with Crippen LogP contribution in [-0.4, -0.2) is 6.04 Å². The molecule has 1 fully saturated rings. The van der Waals surface area contributed by atoms with Crippen molar-refractivity contribution < 1.29 is 0 Å². The summed E-state index contributed by atoms with van der Waals surface area (Å²) in [5.74, 6) is 0.728. The van der Waals surface area contributed by atoms with Crippen molar-refractivity contribution in [3.63, 3.8) is 0 Å². The van der Waals surface area contributed by atoms with E-state index in [4.69, 9.17) is 34.8 Å². The Kier molecular flexibility index (Phi) is 4.59. The summed E-state index contributed by atoms with van der Waals surface area (Å²) in [7, 11) is 0. The van der Waals surface area contributed by atoms with Gasteiger partial charge in [0.15, 0.2) is 0 Å². The van der Waals surface area contributed by atoms with Crippen LogP contribution in [0.25, 0.3) is 0 Å². The van der Waals surface area contributed by atoms with E-state index in [0.717, 1.165) is 11.5 Å². The summed E-state index contributed by atoms with van der Waals surface area (Å²) in [6.45, 7) is 2.97. The molecule has 2 atom stereocenters. The molecule has 0 bridgehead atoms. The smallest absolute Gasteiger partial charge is 0.0652 e. The fourth-order valence-electron chi connectivity index (χ4n) is 2.41. The maximum absolute atomic E-state index is 6.16. The molecule has 1 N–H and O–H groups in total. The maximum Gasteiger partial charge on any atom is 0.0652 e. The Balaban J connectivity index is 2.06. The van der Waals surface area contributed by atoms with Crippen molar-refractivity contribution in [3.05, 3.63) is 32.8 Å². The van der Waals surface area contributed by atoms with Crippen LogP contribution in [0.15, 0.2) is 12.1 Å². The molecule has 1 aliphatic rings. The number of nitrogens with one attached hydrogen (secondary N) is 1. The fraction of sp³-hybridized carbons (Fsp3) is 0.538. The zero-order valence-corrected chi connectivity index (χ0v) is 12.0. The van der Waals surface area contributed by atoms with Gasteiger partial charge in [0.25, 0.3) is 0 Å². The van der Waals surface area contributed by atoms with Gasteiger partial charge in [-0.1, -0.05) is 48.1 Å². The lowest BCUT2D eigenvalue weighted by Gasteiger charge is -2.18. The molecule has 1 aliphatic carbocycles. The number of halogens is 3. The van der Waals surface area contributed by atoms with Crippen LogP contribution < -0.4 is 5.32 Å². The zero-order chi connectivity index (χ0) is 12.4. The Morgan fingerprint density at radius 1 is 1.18 bits per heavy atom. The summed E-state index contributed by atoms with van der Waals surface area (Å²) >= 11 is 18.3. The summed E-state index contributed by atoms with van der Waals surface area (Å²) < 4.78 is 0. The second-order valence-corrected chi connectivity index (χ2v) is 5.91. The second kappa shape index (κ2) is 5.79. The first kappa shape index (κ1) is 13.5. The summed E-state index contributed by atoms with van der Waals surface area (Å²) in [4.78, 5) is 0. The summed E-state index contributed by atoms with van der Waals surface area (Å²) in [5, 5.41) is 5.34. The molecule has 0 radical (unpaired) electrons. The molecule has 1 aromatic rings. The van der Waals surface area contributed by atoms with E-state index in [2.05, 4.69) is 12.2 Å². The van der Waals surface area contributed by atoms with Gasteiger partial charge in [-0.3, -0.25) is 0 Å². The van der Waals surface area contributed by atoms with Gasteiger partial charge in [0, 0.05) is 23.2 Å². The largest absolute Gasteiger partial charge is 0.310 e. The maximum atomic E-state index is 6.16. The minimum atomic E-state index is 0.562. The van der Waals surface area contributed by atoms with Crippen molar-refractivity contribution in [3.8, 4) is 0 Å². The molecule has 0 aromatic heterocycles. The lowest BCUT2D eigenvalue weighted by molar-refractivity contribution is 0.426. The van der Waals surface area contributed by atoms with Gasteiger partial charge in [0.05, 0.1) is 10.0 Å². The monoisotopic (exact) mass is 291 g/mol. The van der Waals surface area contributed by atoms with Crippen molar-refractivity contribution >= 4 is 34.8 Å². The molecule has 1 nitrogen and oxygen atoms in total. The highest BCUT2D eigenvalue weighted by Crippen LogP contribution is 2.32. The van der Waals surface area contributed by atoms with Crippen LogP contribution >= 0.6 is 34.8 Å². The normalized spacial score (nSPS) is 24.2. The molecule has 4 heteroatoms. The lowest BCUT2D eigenvalue weighted by atomic mass is 10.1. The molecule has 0 heterocycles. The van der Waals surface area contributed by atoms with Crippen LogP contribution in [0.4, 0.5) is 0 Å². The van der Waals surface area contributed by atoms with Crippen LogP contribution in [0.3, 0.4) is 0 Å². The predicted molar refractivity (Wildman–Crippen MR) is 75.1 cm³/mol. The Labute approximate surface area is 117 Å². The average molecular weight is 293 g/mol. The number of hydrogen-bond donors (Lipinski definition) is 1. The highest BCUT2D eigenvalue weighted by atomic mass is 35.5. The van der Waals surface area contributed by atoms with Crippen molar-refractivity contribution in [1.29, 1.82) is 0 Å². The van der Waals surface area contributed by atoms with Gasteiger partial charge in [-0.2, -0.15) is 0 Å². The third kappa shape index (κ3) is 3.08. The Morgan fingerprint density at radius 2 is 1.88 bits per heavy atom. The highest BCUT2D eigenvalue weighted by molar-refractivity contribution is 6.44. The molecular weight excluding hydrogens is 277 g/mol. The van der Waals surface area contributed by atoms with E-state index in [-0.39, 0.29) is 0 Å². The molecule has 0 saturated heterocycles. The first-order chi connectivity index (χ1) is 8.09. The molecule has 0 aliphatic heterocycles. The molecule has 1 aromatic carbocycles. The second-order valence-electron chi connectivity index (χ2n) is 4.72. The van der Waals surface area contributed by atoms with Gasteiger partial charge in [0.2, 0.25) is 0 Å². The van der Waals surface area contributed by atoms with Crippen LogP contribution in [0.5, 0.6) is 0 Å². The van der Waals surface area contributed by atoms with Gasteiger partial charge in [-0.25, -0.2) is 0 Å². The van der Waals surface area contributed by atoms with Gasteiger partial charge in [0.1, 0.15) is 0 Å². The van der Waals surface area contributed by atoms with E-state index in [1.807, 2.05) is 0 Å². The minimum absolute atomic E-state index is 0.562. The third-order valence-corrected chi connectivity index (χ3v) is 4.74. The lowest BCUT2D eigenvalue weighted by Crippen LogP contribution is -2.30.